The van der Waals surface area contributed by atoms with Crippen LogP contribution in [0, 0.1) is 5.92 Å². The molecule has 0 saturated carbocycles. The number of thioether (sulfide) groups is 1. The lowest BCUT2D eigenvalue weighted by atomic mass is 10.1. The molecular weight excluding hydrogens is 360 g/mol. The van der Waals surface area contributed by atoms with Crippen molar-refractivity contribution in [1.82, 2.24) is 19.7 Å². The van der Waals surface area contributed by atoms with Crippen LogP contribution in [0.15, 0.2) is 35.5 Å². The highest BCUT2D eigenvalue weighted by Gasteiger charge is 2.31. The van der Waals surface area contributed by atoms with Crippen molar-refractivity contribution in [3.63, 3.8) is 0 Å². The zero-order valence-corrected chi connectivity index (χ0v) is 17.1. The van der Waals surface area contributed by atoms with Gasteiger partial charge in [0.25, 0.3) is 0 Å². The number of rotatable bonds is 7. The molecule has 1 aliphatic rings. The van der Waals surface area contributed by atoms with E-state index in [1.165, 1.54) is 17.3 Å². The molecule has 0 N–H and O–H groups in total. The maximum Gasteiger partial charge on any atom is 0.236 e. The molecule has 0 radical (unpaired) electrons. The summed E-state index contributed by atoms with van der Waals surface area (Å²) in [5, 5.41) is 9.49. The molecule has 1 aromatic carbocycles. The number of benzene rings is 1. The number of carbonyl (C=O) groups excluding carboxylic acids is 1. The van der Waals surface area contributed by atoms with E-state index < -0.39 is 0 Å². The maximum absolute atomic E-state index is 13.0. The number of ether oxygens (including phenoxy) is 1. The Morgan fingerprint density at radius 3 is 2.52 bits per heavy atom. The summed E-state index contributed by atoms with van der Waals surface area (Å²) in [6, 6.07) is 10.3. The Kier molecular flexibility index (Phi) is 6.90. The van der Waals surface area contributed by atoms with Crippen molar-refractivity contribution >= 4 is 17.7 Å². The van der Waals surface area contributed by atoms with E-state index in [1.807, 2.05) is 23.1 Å². The molecule has 3 rings (SSSR count). The van der Waals surface area contributed by atoms with Gasteiger partial charge in [-0.05, 0) is 18.4 Å². The van der Waals surface area contributed by atoms with E-state index in [0.29, 0.717) is 26.3 Å². The Balaban J connectivity index is 1.76. The van der Waals surface area contributed by atoms with Gasteiger partial charge < -0.3 is 14.2 Å². The third-order valence-corrected chi connectivity index (χ3v) is 6.23. The summed E-state index contributed by atoms with van der Waals surface area (Å²) in [7, 11) is 0. The number of aromatic nitrogens is 3. The Bertz CT molecular complexity index is 742. The average Bonchev–Trinajstić information content (AvgIpc) is 3.08. The number of morpholine rings is 1. The predicted octanol–water partition coefficient (Wildman–Crippen LogP) is 2.86. The molecule has 1 amide bonds. The first-order valence-electron chi connectivity index (χ1n) is 9.59. The molecule has 1 atom stereocenters. The van der Waals surface area contributed by atoms with Gasteiger partial charge in [-0.2, -0.15) is 0 Å². The second-order valence-electron chi connectivity index (χ2n) is 7.03. The van der Waals surface area contributed by atoms with Crippen molar-refractivity contribution in [2.45, 2.75) is 44.1 Å². The molecule has 7 heteroatoms. The zero-order chi connectivity index (χ0) is 19.2. The van der Waals surface area contributed by atoms with E-state index >= 15 is 0 Å². The Morgan fingerprint density at radius 2 is 1.89 bits per heavy atom. The summed E-state index contributed by atoms with van der Waals surface area (Å²) in [5.41, 5.74) is 1.21. The lowest BCUT2D eigenvalue weighted by molar-refractivity contribution is -0.135. The van der Waals surface area contributed by atoms with Crippen LogP contribution in [0.4, 0.5) is 0 Å². The molecule has 2 heterocycles. The van der Waals surface area contributed by atoms with E-state index in [0.717, 1.165) is 23.9 Å². The summed E-state index contributed by atoms with van der Waals surface area (Å²) in [4.78, 5) is 14.9. The smallest absolute Gasteiger partial charge is 0.236 e. The number of carbonyl (C=O) groups is 1. The van der Waals surface area contributed by atoms with Gasteiger partial charge in [-0.15, -0.1) is 10.2 Å². The SMILES string of the molecule is CCn1c(Cc2ccccc2)nnc1SC(C(=O)N1CCOCC1)C(C)C. The third-order valence-electron chi connectivity index (χ3n) is 4.72. The zero-order valence-electron chi connectivity index (χ0n) is 16.3. The number of nitrogens with zero attached hydrogens (tertiary/aromatic N) is 4. The van der Waals surface area contributed by atoms with Crippen molar-refractivity contribution in [2.75, 3.05) is 26.3 Å². The minimum atomic E-state index is -0.165. The van der Waals surface area contributed by atoms with E-state index in [9.17, 15) is 4.79 Å². The van der Waals surface area contributed by atoms with Crippen molar-refractivity contribution in [3.8, 4) is 0 Å². The maximum atomic E-state index is 13.0. The van der Waals surface area contributed by atoms with Crippen LogP contribution in [0.2, 0.25) is 0 Å². The molecule has 27 heavy (non-hydrogen) atoms. The third kappa shape index (κ3) is 4.90. The normalized spacial score (nSPS) is 15.9. The lowest BCUT2D eigenvalue weighted by Crippen LogP contribution is -2.46. The second-order valence-corrected chi connectivity index (χ2v) is 8.13. The summed E-state index contributed by atoms with van der Waals surface area (Å²) in [6.07, 6.45) is 0.742. The first-order valence-corrected chi connectivity index (χ1v) is 10.5. The van der Waals surface area contributed by atoms with Gasteiger partial charge in [-0.1, -0.05) is 55.9 Å². The summed E-state index contributed by atoms with van der Waals surface area (Å²) in [6.45, 7) is 9.64. The molecule has 1 saturated heterocycles. The van der Waals surface area contributed by atoms with Crippen LogP contribution >= 0.6 is 11.8 Å². The molecule has 2 aromatic rings. The predicted molar refractivity (Wildman–Crippen MR) is 107 cm³/mol. The molecule has 146 valence electrons. The number of hydrogen-bond acceptors (Lipinski definition) is 5. The highest BCUT2D eigenvalue weighted by molar-refractivity contribution is 8.00. The van der Waals surface area contributed by atoms with Gasteiger partial charge in [0, 0.05) is 26.1 Å². The molecule has 1 aliphatic heterocycles. The fourth-order valence-electron chi connectivity index (χ4n) is 3.18. The molecular formula is C20H28N4O2S. The van der Waals surface area contributed by atoms with Gasteiger partial charge in [0.2, 0.25) is 5.91 Å². The van der Waals surface area contributed by atoms with Gasteiger partial charge in [0.05, 0.1) is 18.5 Å². The van der Waals surface area contributed by atoms with Crippen molar-refractivity contribution in [1.29, 1.82) is 0 Å². The standard InChI is InChI=1S/C20H28N4O2S/c1-4-24-17(14-16-8-6-5-7-9-16)21-22-20(24)27-18(15(2)3)19(25)23-10-12-26-13-11-23/h5-9,15,18H,4,10-14H2,1-3H3. The highest BCUT2D eigenvalue weighted by Crippen LogP contribution is 2.29. The van der Waals surface area contributed by atoms with E-state index in [4.69, 9.17) is 4.74 Å². The summed E-state index contributed by atoms with van der Waals surface area (Å²) >= 11 is 1.54. The fourth-order valence-corrected chi connectivity index (χ4v) is 4.38. The van der Waals surface area contributed by atoms with Crippen LogP contribution in [0.25, 0.3) is 0 Å². The van der Waals surface area contributed by atoms with Gasteiger partial charge in [0.15, 0.2) is 5.16 Å². The van der Waals surface area contributed by atoms with Crippen LogP contribution in [0.3, 0.4) is 0 Å². The molecule has 1 aromatic heterocycles. The van der Waals surface area contributed by atoms with Crippen LogP contribution in [-0.2, 0) is 22.5 Å². The molecule has 0 spiro atoms. The molecule has 6 nitrogen and oxygen atoms in total. The topological polar surface area (TPSA) is 60.2 Å². The average molecular weight is 389 g/mol. The van der Waals surface area contributed by atoms with Crippen LogP contribution in [0.5, 0.6) is 0 Å². The molecule has 1 unspecified atom stereocenters. The highest BCUT2D eigenvalue weighted by atomic mass is 32.2. The molecule has 1 fully saturated rings. The Morgan fingerprint density at radius 1 is 1.19 bits per heavy atom. The molecule has 0 aliphatic carbocycles. The lowest BCUT2D eigenvalue weighted by Gasteiger charge is -2.31. The van der Waals surface area contributed by atoms with Crippen molar-refractivity contribution in [2.24, 2.45) is 5.92 Å². The largest absolute Gasteiger partial charge is 0.378 e. The summed E-state index contributed by atoms with van der Waals surface area (Å²) in [5.74, 6) is 1.33. The van der Waals surface area contributed by atoms with E-state index in [-0.39, 0.29) is 17.1 Å². The van der Waals surface area contributed by atoms with Gasteiger partial charge in [0.1, 0.15) is 5.82 Å². The Hall–Kier alpha value is -1.86. The fraction of sp³-hybridized carbons (Fsp3) is 0.550. The minimum absolute atomic E-state index is 0.165. The van der Waals surface area contributed by atoms with Crippen LogP contribution in [-0.4, -0.2) is 57.1 Å². The first kappa shape index (κ1) is 19.9. The monoisotopic (exact) mass is 388 g/mol. The van der Waals surface area contributed by atoms with Crippen molar-refractivity contribution in [3.05, 3.63) is 41.7 Å². The van der Waals surface area contributed by atoms with Gasteiger partial charge in [-0.25, -0.2) is 0 Å². The van der Waals surface area contributed by atoms with Gasteiger partial charge >= 0.3 is 0 Å². The molecule has 0 bridgehead atoms. The second kappa shape index (κ2) is 9.37. The van der Waals surface area contributed by atoms with Crippen molar-refractivity contribution < 1.29 is 9.53 Å². The quantitative estimate of drug-likeness (QED) is 0.683. The number of hydrogen-bond donors (Lipinski definition) is 0. The first-order chi connectivity index (χ1) is 13.1. The van der Waals surface area contributed by atoms with Crippen LogP contribution < -0.4 is 0 Å². The Labute approximate surface area is 165 Å². The van der Waals surface area contributed by atoms with E-state index in [2.05, 4.69) is 47.7 Å². The van der Waals surface area contributed by atoms with E-state index in [1.54, 1.807) is 0 Å². The minimum Gasteiger partial charge on any atom is -0.378 e. The van der Waals surface area contributed by atoms with Gasteiger partial charge in [-0.3, -0.25) is 4.79 Å². The number of amides is 1. The summed E-state index contributed by atoms with van der Waals surface area (Å²) < 4.78 is 7.50. The van der Waals surface area contributed by atoms with Crippen LogP contribution in [0.1, 0.15) is 32.2 Å².